The van der Waals surface area contributed by atoms with Gasteiger partial charge < -0.3 is 15.8 Å². The van der Waals surface area contributed by atoms with E-state index in [1.807, 2.05) is 0 Å². The van der Waals surface area contributed by atoms with Crippen LogP contribution >= 0.6 is 34.5 Å². The smallest absolute Gasteiger partial charge is 0.340 e. The molecule has 0 saturated heterocycles. The first-order chi connectivity index (χ1) is 11.7. The second-order valence-electron chi connectivity index (χ2n) is 4.81. The number of primary amides is 1. The van der Waals surface area contributed by atoms with Gasteiger partial charge in [0.05, 0.1) is 21.2 Å². The van der Waals surface area contributed by atoms with E-state index in [1.54, 1.807) is 5.38 Å². The Morgan fingerprint density at radius 2 is 1.92 bits per heavy atom. The molecule has 1 aromatic heterocycles. The first kappa shape index (κ1) is 19.2. The van der Waals surface area contributed by atoms with Crippen molar-refractivity contribution in [1.29, 1.82) is 0 Å². The number of hydrogen-bond donors (Lipinski definition) is 2. The number of anilines is 1. The Morgan fingerprint density at radius 3 is 2.56 bits per heavy atom. The molecular formula is C15H11Cl2FN2O4S. The number of rotatable bonds is 5. The lowest BCUT2D eigenvalue weighted by molar-refractivity contribution is -0.123. The summed E-state index contributed by atoms with van der Waals surface area (Å²) in [4.78, 5) is 35.4. The van der Waals surface area contributed by atoms with Crippen molar-refractivity contribution in [3.05, 3.63) is 50.6 Å². The van der Waals surface area contributed by atoms with Gasteiger partial charge in [0, 0.05) is 0 Å². The van der Waals surface area contributed by atoms with Crippen LogP contribution in [-0.4, -0.2) is 23.9 Å². The largest absolute Gasteiger partial charge is 0.449 e. The fourth-order valence-electron chi connectivity index (χ4n) is 1.77. The standard InChI is InChI=1S/C15H11Cl2FN2O4S/c1-6(13(22)20-14-7(12(19)21)2-3-25-14)24-15(23)8-4-11(18)10(17)5-9(8)16/h2-6H,1H3,(H2,19,21)(H,20,22)/t6-/m0/s1. The SMILES string of the molecule is C[C@H](OC(=O)c1cc(F)c(Cl)cc1Cl)C(=O)Nc1sccc1C(N)=O. The van der Waals surface area contributed by atoms with Gasteiger partial charge in [0.1, 0.15) is 10.8 Å². The first-order valence-corrected chi connectivity index (χ1v) is 8.38. The minimum absolute atomic E-state index is 0.113. The summed E-state index contributed by atoms with van der Waals surface area (Å²) in [5, 5.41) is 3.88. The number of nitrogens with one attached hydrogen (secondary N) is 1. The highest BCUT2D eigenvalue weighted by molar-refractivity contribution is 7.14. The quantitative estimate of drug-likeness (QED) is 0.588. The third-order valence-corrected chi connectivity index (χ3v) is 4.48. The summed E-state index contributed by atoms with van der Waals surface area (Å²) in [5.74, 6) is -3.24. The van der Waals surface area contributed by atoms with Gasteiger partial charge in [-0.15, -0.1) is 11.3 Å². The van der Waals surface area contributed by atoms with Gasteiger partial charge in [-0.25, -0.2) is 9.18 Å². The molecule has 132 valence electrons. The van der Waals surface area contributed by atoms with Crippen LogP contribution in [0.3, 0.4) is 0 Å². The van der Waals surface area contributed by atoms with Crippen molar-refractivity contribution in [2.24, 2.45) is 5.73 Å². The second kappa shape index (κ2) is 7.81. The Morgan fingerprint density at radius 1 is 1.24 bits per heavy atom. The molecular weight excluding hydrogens is 394 g/mol. The molecule has 0 spiro atoms. The van der Waals surface area contributed by atoms with Gasteiger partial charge in [0.25, 0.3) is 11.8 Å². The average Bonchev–Trinajstić information content (AvgIpc) is 2.98. The number of hydrogen-bond acceptors (Lipinski definition) is 5. The minimum Gasteiger partial charge on any atom is -0.449 e. The van der Waals surface area contributed by atoms with Gasteiger partial charge >= 0.3 is 5.97 Å². The zero-order chi connectivity index (χ0) is 18.7. The van der Waals surface area contributed by atoms with Crippen LogP contribution < -0.4 is 11.1 Å². The third kappa shape index (κ3) is 4.47. The predicted molar refractivity (Wildman–Crippen MR) is 92.8 cm³/mol. The molecule has 10 heteroatoms. The Labute approximate surface area is 155 Å². The monoisotopic (exact) mass is 404 g/mol. The van der Waals surface area contributed by atoms with E-state index in [1.165, 1.54) is 13.0 Å². The average molecular weight is 405 g/mol. The molecule has 0 aliphatic rings. The summed E-state index contributed by atoms with van der Waals surface area (Å²) >= 11 is 12.5. The number of esters is 1. The highest BCUT2D eigenvalue weighted by atomic mass is 35.5. The van der Waals surface area contributed by atoms with Crippen LogP contribution in [-0.2, 0) is 9.53 Å². The molecule has 3 N–H and O–H groups in total. The van der Waals surface area contributed by atoms with Crippen molar-refractivity contribution in [3.8, 4) is 0 Å². The molecule has 0 aliphatic heterocycles. The number of carbonyl (C=O) groups excluding carboxylic acids is 3. The summed E-state index contributed by atoms with van der Waals surface area (Å²) < 4.78 is 18.4. The summed E-state index contributed by atoms with van der Waals surface area (Å²) in [7, 11) is 0. The highest BCUT2D eigenvalue weighted by Gasteiger charge is 2.23. The van der Waals surface area contributed by atoms with Gasteiger partial charge in [0.15, 0.2) is 6.10 Å². The molecule has 0 radical (unpaired) electrons. The molecule has 0 unspecified atom stereocenters. The molecule has 6 nitrogen and oxygen atoms in total. The highest BCUT2D eigenvalue weighted by Crippen LogP contribution is 2.26. The Kier molecular flexibility index (Phi) is 5.99. The van der Waals surface area contributed by atoms with Gasteiger partial charge in [-0.05, 0) is 30.5 Å². The second-order valence-corrected chi connectivity index (χ2v) is 6.54. The molecule has 0 saturated carbocycles. The first-order valence-electron chi connectivity index (χ1n) is 6.74. The van der Waals surface area contributed by atoms with Crippen molar-refractivity contribution in [2.75, 3.05) is 5.32 Å². The van der Waals surface area contributed by atoms with E-state index >= 15 is 0 Å². The van der Waals surface area contributed by atoms with Crippen LogP contribution in [0.25, 0.3) is 0 Å². The van der Waals surface area contributed by atoms with E-state index in [4.69, 9.17) is 33.7 Å². The van der Waals surface area contributed by atoms with Gasteiger partial charge in [-0.3, -0.25) is 9.59 Å². The van der Waals surface area contributed by atoms with Crippen molar-refractivity contribution in [1.82, 2.24) is 0 Å². The molecule has 1 aromatic carbocycles. The summed E-state index contributed by atoms with van der Waals surface area (Å²) in [6.45, 7) is 1.31. The van der Waals surface area contributed by atoms with E-state index in [9.17, 15) is 18.8 Å². The van der Waals surface area contributed by atoms with Crippen LogP contribution in [0.1, 0.15) is 27.6 Å². The maximum absolute atomic E-state index is 13.5. The van der Waals surface area contributed by atoms with E-state index in [2.05, 4.69) is 5.32 Å². The topological polar surface area (TPSA) is 98.5 Å². The molecule has 1 heterocycles. The summed E-state index contributed by atoms with van der Waals surface area (Å²) in [6.07, 6.45) is -1.23. The van der Waals surface area contributed by atoms with Gasteiger partial charge in [-0.1, -0.05) is 23.2 Å². The minimum atomic E-state index is -1.23. The van der Waals surface area contributed by atoms with Crippen molar-refractivity contribution in [3.63, 3.8) is 0 Å². The van der Waals surface area contributed by atoms with E-state index < -0.39 is 29.7 Å². The number of amides is 2. The van der Waals surface area contributed by atoms with Crippen molar-refractivity contribution < 1.29 is 23.5 Å². The number of benzene rings is 1. The van der Waals surface area contributed by atoms with Gasteiger partial charge in [0.2, 0.25) is 0 Å². The zero-order valence-electron chi connectivity index (χ0n) is 12.6. The molecule has 25 heavy (non-hydrogen) atoms. The fourth-order valence-corrected chi connectivity index (χ4v) is 3.03. The van der Waals surface area contributed by atoms with Crippen molar-refractivity contribution in [2.45, 2.75) is 13.0 Å². The maximum atomic E-state index is 13.5. The Bertz CT molecular complexity index is 856. The zero-order valence-corrected chi connectivity index (χ0v) is 15.0. The molecule has 0 fully saturated rings. The van der Waals surface area contributed by atoms with Crippen molar-refractivity contribution >= 4 is 57.3 Å². The lowest BCUT2D eigenvalue weighted by Gasteiger charge is -2.14. The molecule has 0 aliphatic carbocycles. The number of halogens is 3. The molecule has 2 rings (SSSR count). The van der Waals surface area contributed by atoms with Crippen LogP contribution in [0.2, 0.25) is 10.0 Å². The van der Waals surface area contributed by atoms with E-state index in [0.29, 0.717) is 0 Å². The Hall–Kier alpha value is -2.16. The van der Waals surface area contributed by atoms with Crippen LogP contribution in [0.4, 0.5) is 9.39 Å². The summed E-state index contributed by atoms with van der Waals surface area (Å²) in [6, 6.07) is 3.34. The molecule has 1 atom stereocenters. The lowest BCUT2D eigenvalue weighted by atomic mass is 10.2. The molecule has 2 amide bonds. The number of carbonyl (C=O) groups is 3. The van der Waals surface area contributed by atoms with E-state index in [0.717, 1.165) is 23.5 Å². The lowest BCUT2D eigenvalue weighted by Crippen LogP contribution is -2.30. The normalized spacial score (nSPS) is 11.7. The number of thiophene rings is 1. The molecule has 2 aromatic rings. The molecule has 0 bridgehead atoms. The third-order valence-electron chi connectivity index (χ3n) is 3.05. The Balaban J connectivity index is 2.08. The van der Waals surface area contributed by atoms with E-state index in [-0.39, 0.29) is 26.2 Å². The summed E-state index contributed by atoms with van der Waals surface area (Å²) in [5.41, 5.74) is 5.05. The number of nitrogens with two attached hydrogens (primary N) is 1. The van der Waals surface area contributed by atoms with Gasteiger partial charge in [-0.2, -0.15) is 0 Å². The van der Waals surface area contributed by atoms with Crippen LogP contribution in [0.5, 0.6) is 0 Å². The number of ether oxygens (including phenoxy) is 1. The van der Waals surface area contributed by atoms with Crippen LogP contribution in [0, 0.1) is 5.82 Å². The maximum Gasteiger partial charge on any atom is 0.340 e. The fraction of sp³-hybridized carbons (Fsp3) is 0.133. The predicted octanol–water partition coefficient (Wildman–Crippen LogP) is 3.48. The van der Waals surface area contributed by atoms with Crippen LogP contribution in [0.15, 0.2) is 23.6 Å².